The highest BCUT2D eigenvalue weighted by molar-refractivity contribution is 5.84. The molecule has 0 spiro atoms. The smallest absolute Gasteiger partial charge is 0.383 e. The molecule has 2 N–H and O–H groups in total. The van der Waals surface area contributed by atoms with Crippen molar-refractivity contribution in [2.45, 2.75) is 18.8 Å². The highest BCUT2D eigenvalue weighted by atomic mass is 19.4. The van der Waals surface area contributed by atoms with E-state index < -0.39 is 48.4 Å². The summed E-state index contributed by atoms with van der Waals surface area (Å²) in [6, 6.07) is 1.45. The van der Waals surface area contributed by atoms with E-state index in [0.29, 0.717) is 9.58 Å². The summed E-state index contributed by atoms with van der Waals surface area (Å²) in [5, 5.41) is 3.46. The number of halogens is 6. The quantitative estimate of drug-likeness (QED) is 0.774. The standard InChI is InChI=1S/C15H12F6N6O/c16-14(17,18)10-9(11(22)27(25-10)13-23-4-1-5-24-13)8-2-6-26(7-3-8)12(28)15(19,20)21/h1-2,4-5H,3,6-7,22H2. The lowest BCUT2D eigenvalue weighted by Crippen LogP contribution is -2.43. The zero-order valence-corrected chi connectivity index (χ0v) is 13.9. The number of anilines is 1. The van der Waals surface area contributed by atoms with Crippen LogP contribution in [0.2, 0.25) is 0 Å². The summed E-state index contributed by atoms with van der Waals surface area (Å²) in [4.78, 5) is 19.4. The van der Waals surface area contributed by atoms with Crippen molar-refractivity contribution in [3.05, 3.63) is 35.8 Å². The minimum atomic E-state index is -5.06. The molecule has 0 unspecified atom stereocenters. The molecule has 0 fully saturated rings. The molecular formula is C15H12F6N6O. The summed E-state index contributed by atoms with van der Waals surface area (Å²) in [7, 11) is 0. The second kappa shape index (κ2) is 6.80. The first kappa shape index (κ1) is 19.6. The fourth-order valence-corrected chi connectivity index (χ4v) is 2.76. The summed E-state index contributed by atoms with van der Waals surface area (Å²) in [5.74, 6) is -2.65. The van der Waals surface area contributed by atoms with Gasteiger partial charge in [0.05, 0.1) is 5.56 Å². The monoisotopic (exact) mass is 406 g/mol. The van der Waals surface area contributed by atoms with E-state index in [1.54, 1.807) is 0 Å². The van der Waals surface area contributed by atoms with Crippen molar-refractivity contribution in [3.63, 3.8) is 0 Å². The Kier molecular flexibility index (Phi) is 4.77. The molecule has 1 aliphatic rings. The molecule has 2 aromatic rings. The van der Waals surface area contributed by atoms with E-state index in [0.717, 1.165) is 6.08 Å². The zero-order valence-electron chi connectivity index (χ0n) is 13.9. The number of alkyl halides is 6. The second-order valence-electron chi connectivity index (χ2n) is 5.80. The van der Waals surface area contributed by atoms with Gasteiger partial charge in [-0.1, -0.05) is 6.08 Å². The van der Waals surface area contributed by atoms with Crippen molar-refractivity contribution >= 4 is 17.3 Å². The van der Waals surface area contributed by atoms with Gasteiger partial charge in [0.1, 0.15) is 5.82 Å². The van der Waals surface area contributed by atoms with Crippen LogP contribution in [0.25, 0.3) is 11.5 Å². The van der Waals surface area contributed by atoms with E-state index in [1.807, 2.05) is 0 Å². The maximum absolute atomic E-state index is 13.5. The van der Waals surface area contributed by atoms with Crippen LogP contribution < -0.4 is 5.73 Å². The van der Waals surface area contributed by atoms with Crippen LogP contribution in [0.5, 0.6) is 0 Å². The van der Waals surface area contributed by atoms with E-state index >= 15 is 0 Å². The summed E-state index contributed by atoms with van der Waals surface area (Å²) in [6.07, 6.45) is -6.50. The number of carbonyl (C=O) groups excluding carboxylic acids is 1. The van der Waals surface area contributed by atoms with Gasteiger partial charge in [0.15, 0.2) is 5.69 Å². The lowest BCUT2D eigenvalue weighted by Gasteiger charge is -2.27. The van der Waals surface area contributed by atoms with Crippen LogP contribution in [-0.2, 0) is 11.0 Å². The molecule has 3 heterocycles. The third-order valence-electron chi connectivity index (χ3n) is 3.99. The van der Waals surface area contributed by atoms with Crippen molar-refractivity contribution in [2.75, 3.05) is 18.8 Å². The lowest BCUT2D eigenvalue weighted by molar-refractivity contribution is -0.185. The lowest BCUT2D eigenvalue weighted by atomic mass is 9.98. The van der Waals surface area contributed by atoms with Crippen LogP contribution in [0.1, 0.15) is 17.7 Å². The maximum Gasteiger partial charge on any atom is 0.471 e. The van der Waals surface area contributed by atoms with E-state index in [9.17, 15) is 31.1 Å². The molecule has 0 saturated heterocycles. The summed E-state index contributed by atoms with van der Waals surface area (Å²) in [6.45, 7) is -0.911. The molecule has 0 aliphatic carbocycles. The number of nitrogen functional groups attached to an aromatic ring is 1. The summed E-state index contributed by atoms with van der Waals surface area (Å²) >= 11 is 0. The highest BCUT2D eigenvalue weighted by Gasteiger charge is 2.44. The van der Waals surface area contributed by atoms with Crippen LogP contribution in [0.4, 0.5) is 32.2 Å². The largest absolute Gasteiger partial charge is 0.471 e. The van der Waals surface area contributed by atoms with E-state index in [-0.39, 0.29) is 17.9 Å². The minimum absolute atomic E-state index is 0.0400. The number of hydrogen-bond acceptors (Lipinski definition) is 5. The van der Waals surface area contributed by atoms with Crippen LogP contribution in [-0.4, -0.2) is 49.8 Å². The Hall–Kier alpha value is -3.12. The third-order valence-corrected chi connectivity index (χ3v) is 3.99. The number of nitrogens with two attached hydrogens (primary N) is 1. The number of aromatic nitrogens is 4. The van der Waals surface area contributed by atoms with E-state index in [2.05, 4.69) is 15.1 Å². The molecular weight excluding hydrogens is 394 g/mol. The molecule has 1 amide bonds. The Morgan fingerprint density at radius 3 is 2.25 bits per heavy atom. The van der Waals surface area contributed by atoms with E-state index in [4.69, 9.17) is 5.73 Å². The van der Waals surface area contributed by atoms with Gasteiger partial charge >= 0.3 is 18.3 Å². The predicted molar refractivity (Wildman–Crippen MR) is 83.8 cm³/mol. The van der Waals surface area contributed by atoms with Crippen LogP contribution in [0.15, 0.2) is 24.5 Å². The zero-order chi connectivity index (χ0) is 20.7. The highest BCUT2D eigenvalue weighted by Crippen LogP contribution is 2.40. The molecule has 1 aliphatic heterocycles. The molecule has 7 nitrogen and oxygen atoms in total. The Morgan fingerprint density at radius 1 is 1.11 bits per heavy atom. The van der Waals surface area contributed by atoms with Gasteiger partial charge < -0.3 is 10.6 Å². The average Bonchev–Trinajstić information content (AvgIpc) is 2.99. The number of hydrogen-bond donors (Lipinski definition) is 1. The Bertz CT molecular complexity index is 918. The third kappa shape index (κ3) is 3.64. The van der Waals surface area contributed by atoms with Crippen molar-refractivity contribution < 1.29 is 31.1 Å². The average molecular weight is 406 g/mol. The van der Waals surface area contributed by atoms with Gasteiger partial charge in [-0.15, -0.1) is 0 Å². The normalized spacial score (nSPS) is 15.5. The number of amides is 1. The number of nitrogens with zero attached hydrogens (tertiary/aromatic N) is 5. The topological polar surface area (TPSA) is 89.9 Å². The Morgan fingerprint density at radius 2 is 1.75 bits per heavy atom. The first-order valence-electron chi connectivity index (χ1n) is 7.78. The molecule has 0 aromatic carbocycles. The van der Waals surface area contributed by atoms with Crippen molar-refractivity contribution in [3.8, 4) is 5.95 Å². The molecule has 0 saturated carbocycles. The number of carbonyl (C=O) groups is 1. The minimum Gasteiger partial charge on any atom is -0.383 e. The molecule has 2 aromatic heterocycles. The van der Waals surface area contributed by atoms with Gasteiger partial charge in [0.2, 0.25) is 0 Å². The Labute approximate surface area is 153 Å². The summed E-state index contributed by atoms with van der Waals surface area (Å²) < 4.78 is 78.7. The van der Waals surface area contributed by atoms with Gasteiger partial charge in [0, 0.05) is 25.5 Å². The molecule has 0 bridgehead atoms. The molecule has 28 heavy (non-hydrogen) atoms. The van der Waals surface area contributed by atoms with Crippen LogP contribution in [0, 0.1) is 0 Å². The van der Waals surface area contributed by atoms with Gasteiger partial charge in [-0.2, -0.15) is 36.1 Å². The van der Waals surface area contributed by atoms with Crippen molar-refractivity contribution in [1.29, 1.82) is 0 Å². The number of rotatable bonds is 2. The van der Waals surface area contributed by atoms with Gasteiger partial charge in [-0.3, -0.25) is 4.79 Å². The molecule has 3 rings (SSSR count). The van der Waals surface area contributed by atoms with Crippen LogP contribution in [0.3, 0.4) is 0 Å². The fourth-order valence-electron chi connectivity index (χ4n) is 2.76. The maximum atomic E-state index is 13.5. The van der Waals surface area contributed by atoms with Gasteiger partial charge in [0.25, 0.3) is 5.95 Å². The Balaban J connectivity index is 2.01. The molecule has 13 heteroatoms. The van der Waals surface area contributed by atoms with Gasteiger partial charge in [-0.05, 0) is 18.1 Å². The second-order valence-corrected chi connectivity index (χ2v) is 5.80. The van der Waals surface area contributed by atoms with Crippen molar-refractivity contribution in [2.24, 2.45) is 0 Å². The fraction of sp³-hybridized carbons (Fsp3) is 0.333. The molecule has 150 valence electrons. The van der Waals surface area contributed by atoms with E-state index in [1.165, 1.54) is 18.5 Å². The van der Waals surface area contributed by atoms with Gasteiger partial charge in [-0.25, -0.2) is 9.97 Å². The first-order valence-corrected chi connectivity index (χ1v) is 7.78. The van der Waals surface area contributed by atoms with Crippen LogP contribution >= 0.6 is 0 Å². The summed E-state index contributed by atoms with van der Waals surface area (Å²) in [5.41, 5.74) is 4.12. The SMILES string of the molecule is Nc1c(C2=CCN(C(=O)C(F)(F)F)CC2)c(C(F)(F)F)nn1-c1ncccn1. The predicted octanol–water partition coefficient (Wildman–Crippen LogP) is 2.44. The van der Waals surface area contributed by atoms with Crippen molar-refractivity contribution in [1.82, 2.24) is 24.6 Å². The molecule has 0 atom stereocenters. The molecule has 0 radical (unpaired) electrons. The first-order chi connectivity index (χ1) is 13.0.